The highest BCUT2D eigenvalue weighted by atomic mass is 17.2. The third-order valence-corrected chi connectivity index (χ3v) is 0.270. The highest BCUT2D eigenvalue weighted by Gasteiger charge is 2.30. The van der Waals surface area contributed by atoms with E-state index in [-0.39, 0.29) is 0 Å². The molecule has 0 saturated carbocycles. The minimum Gasteiger partial charge on any atom is -0.196 e. The lowest BCUT2D eigenvalue weighted by Crippen LogP contribution is -2.19. The number of rotatable bonds is 4. The zero-order valence-electron chi connectivity index (χ0n) is 4.24. The Morgan fingerprint density at radius 1 is 1.20 bits per heavy atom. The van der Waals surface area contributed by atoms with Crippen LogP contribution in [-0.2, 0) is 9.88 Å². The Balaban J connectivity index is 3.65. The Bertz CT molecular complexity index is 152. The van der Waals surface area contributed by atoms with Crippen LogP contribution in [-0.4, -0.2) is 20.5 Å². The van der Waals surface area contributed by atoms with E-state index >= 15 is 0 Å². The summed E-state index contributed by atoms with van der Waals surface area (Å²) in [4.78, 5) is 34.2. The standard InChI is InChI=1S/HN3O7/c4-1(5)9-3(8)10-2(6)7/h(H,4,5)/q+2. The van der Waals surface area contributed by atoms with Gasteiger partial charge in [-0.1, -0.05) is 0 Å². The van der Waals surface area contributed by atoms with Crippen LogP contribution in [0.5, 0.6) is 0 Å². The molecule has 0 bridgehead atoms. The Labute approximate surface area is 51.6 Å². The van der Waals surface area contributed by atoms with Gasteiger partial charge in [-0.05, 0) is 0 Å². The van der Waals surface area contributed by atoms with E-state index in [2.05, 4.69) is 9.88 Å². The molecule has 0 heterocycles. The van der Waals surface area contributed by atoms with Crippen molar-refractivity contribution in [3.63, 3.8) is 0 Å². The summed E-state index contributed by atoms with van der Waals surface area (Å²) >= 11 is 0. The van der Waals surface area contributed by atoms with Crippen molar-refractivity contribution in [1.29, 1.82) is 0 Å². The van der Waals surface area contributed by atoms with Gasteiger partial charge in [-0.25, -0.2) is 0 Å². The summed E-state index contributed by atoms with van der Waals surface area (Å²) in [6.07, 6.45) is 0. The van der Waals surface area contributed by atoms with Crippen LogP contribution in [0.2, 0.25) is 0 Å². The molecule has 0 rings (SSSR count). The number of hydrogen-bond donors (Lipinski definition) is 1. The van der Waals surface area contributed by atoms with E-state index in [1.807, 2.05) is 0 Å². The van der Waals surface area contributed by atoms with Gasteiger partial charge in [0.25, 0.3) is 0 Å². The molecule has 0 atom stereocenters. The fourth-order valence-corrected chi connectivity index (χ4v) is 0.126. The molecule has 10 heavy (non-hydrogen) atoms. The van der Waals surface area contributed by atoms with Gasteiger partial charge in [0.2, 0.25) is 4.94 Å². The van der Waals surface area contributed by atoms with Crippen molar-refractivity contribution in [3.05, 3.63) is 19.9 Å². The quantitative estimate of drug-likeness (QED) is 0.403. The molecule has 0 aromatic heterocycles. The van der Waals surface area contributed by atoms with Crippen molar-refractivity contribution in [2.24, 2.45) is 0 Å². The first-order valence-electron chi connectivity index (χ1n) is 1.66. The maximum absolute atomic E-state index is 9.69. The first kappa shape index (κ1) is 8.00. The first-order chi connectivity index (χ1) is 4.52. The van der Waals surface area contributed by atoms with Crippen LogP contribution in [0.3, 0.4) is 0 Å². The summed E-state index contributed by atoms with van der Waals surface area (Å²) in [6.45, 7) is 0. The Morgan fingerprint density at radius 3 is 2.00 bits per heavy atom. The SMILES string of the molecule is O=[N+]([O-])O[N+](=O)O[N+](=O)O. The third-order valence-electron chi connectivity index (χ3n) is 0.270. The van der Waals surface area contributed by atoms with Gasteiger partial charge in [-0.2, -0.15) is 5.21 Å². The van der Waals surface area contributed by atoms with Gasteiger partial charge < -0.3 is 0 Å². The summed E-state index contributed by atoms with van der Waals surface area (Å²) in [5.41, 5.74) is 0. The van der Waals surface area contributed by atoms with E-state index in [9.17, 15) is 19.9 Å². The van der Waals surface area contributed by atoms with Crippen LogP contribution in [0.25, 0.3) is 0 Å². The molecule has 0 radical (unpaired) electrons. The van der Waals surface area contributed by atoms with Gasteiger partial charge in [-0.15, -0.1) is 10.1 Å². The lowest BCUT2D eigenvalue weighted by atomic mass is 12.8. The topological polar surface area (TPSA) is 122 Å². The van der Waals surface area contributed by atoms with E-state index in [1.165, 1.54) is 0 Å². The molecule has 0 saturated heterocycles. The number of hydrogen-bond acceptors (Lipinski definition) is 6. The van der Waals surface area contributed by atoms with Crippen LogP contribution in [0.4, 0.5) is 0 Å². The average Bonchev–Trinajstić information content (AvgIpc) is 1.58. The largest absolute Gasteiger partial charge is 0.548 e. The molecule has 10 heteroatoms. The second kappa shape index (κ2) is 3.11. The molecule has 0 aromatic rings. The fourth-order valence-electron chi connectivity index (χ4n) is 0.126. The highest BCUT2D eigenvalue weighted by molar-refractivity contribution is 3.85. The molecular weight excluding hydrogens is 154 g/mol. The van der Waals surface area contributed by atoms with Crippen molar-refractivity contribution >= 4 is 0 Å². The van der Waals surface area contributed by atoms with Crippen LogP contribution in [0.1, 0.15) is 0 Å². The van der Waals surface area contributed by atoms with E-state index < -0.39 is 15.3 Å². The van der Waals surface area contributed by atoms with Gasteiger partial charge in [0, 0.05) is 0 Å². The zero-order chi connectivity index (χ0) is 8.15. The Kier molecular flexibility index (Phi) is 2.49. The molecule has 0 spiro atoms. The van der Waals surface area contributed by atoms with Crippen LogP contribution in [0, 0.1) is 19.9 Å². The molecule has 1 N–H and O–H groups in total. The predicted octanol–water partition coefficient (Wildman–Crippen LogP) is -1.10. The van der Waals surface area contributed by atoms with Crippen LogP contribution >= 0.6 is 0 Å². The molecule has 0 unspecified atom stereocenters. The molecule has 0 aliphatic carbocycles. The summed E-state index contributed by atoms with van der Waals surface area (Å²) < 4.78 is 0. The molecule has 56 valence electrons. The third kappa shape index (κ3) is 4.17. The normalized spacial score (nSPS) is 8.00. The summed E-state index contributed by atoms with van der Waals surface area (Å²) in [6, 6.07) is 0. The number of nitrogens with zero attached hydrogens (tertiary/aromatic N) is 3. The lowest BCUT2D eigenvalue weighted by Gasteiger charge is -1.71. The van der Waals surface area contributed by atoms with E-state index in [0.717, 1.165) is 0 Å². The lowest BCUT2D eigenvalue weighted by molar-refractivity contribution is -1.27. The maximum Gasteiger partial charge on any atom is 0.548 e. The van der Waals surface area contributed by atoms with E-state index in [1.54, 1.807) is 0 Å². The molecule has 0 aliphatic rings. The van der Waals surface area contributed by atoms with Gasteiger partial charge in [0.05, 0.1) is 4.94 Å². The van der Waals surface area contributed by atoms with Crippen molar-refractivity contribution in [2.75, 3.05) is 0 Å². The van der Waals surface area contributed by atoms with Gasteiger partial charge in [-0.3, -0.25) is 0 Å². The van der Waals surface area contributed by atoms with Gasteiger partial charge in [0.1, 0.15) is 9.81 Å². The van der Waals surface area contributed by atoms with Crippen molar-refractivity contribution in [1.82, 2.24) is 0 Å². The predicted molar refractivity (Wildman–Crippen MR) is 18.2 cm³/mol. The minimum atomic E-state index is -1.53. The molecule has 10 nitrogen and oxygen atoms in total. The first-order valence-corrected chi connectivity index (χ1v) is 1.66. The van der Waals surface area contributed by atoms with Crippen LogP contribution in [0.15, 0.2) is 0 Å². The van der Waals surface area contributed by atoms with Crippen molar-refractivity contribution < 1.29 is 30.3 Å². The monoisotopic (exact) mass is 155 g/mol. The molecule has 0 aromatic carbocycles. The summed E-state index contributed by atoms with van der Waals surface area (Å²) in [5, 5.41) is 12.8. The second-order valence-electron chi connectivity index (χ2n) is 0.848. The molecular formula is HN3O7+2. The molecule has 0 amide bonds. The van der Waals surface area contributed by atoms with Gasteiger partial charge >= 0.3 is 15.3 Å². The minimum absolute atomic E-state index is 1.19. The summed E-state index contributed by atoms with van der Waals surface area (Å²) in [7, 11) is 0. The van der Waals surface area contributed by atoms with Crippen LogP contribution < -0.4 is 0 Å². The maximum atomic E-state index is 9.69. The highest BCUT2D eigenvalue weighted by Crippen LogP contribution is 1.79. The second-order valence-corrected chi connectivity index (χ2v) is 0.848. The Morgan fingerprint density at radius 2 is 1.70 bits per heavy atom. The van der Waals surface area contributed by atoms with Gasteiger partial charge in [0.15, 0.2) is 0 Å². The zero-order valence-corrected chi connectivity index (χ0v) is 4.24. The fraction of sp³-hybridized carbons (Fsp3) is 0. The molecule has 0 aliphatic heterocycles. The summed E-state index contributed by atoms with van der Waals surface area (Å²) in [5.74, 6) is 0. The Hall–Kier alpha value is -2.00. The van der Waals surface area contributed by atoms with E-state index in [0.29, 0.717) is 0 Å². The smallest absolute Gasteiger partial charge is 0.196 e. The van der Waals surface area contributed by atoms with Crippen molar-refractivity contribution in [3.8, 4) is 0 Å². The van der Waals surface area contributed by atoms with Crippen molar-refractivity contribution in [2.45, 2.75) is 0 Å². The average molecular weight is 155 g/mol. The molecule has 0 fully saturated rings. The van der Waals surface area contributed by atoms with E-state index in [4.69, 9.17) is 5.21 Å².